The Bertz CT molecular complexity index is 1070. The van der Waals surface area contributed by atoms with Gasteiger partial charge in [0.1, 0.15) is 17.7 Å². The summed E-state index contributed by atoms with van der Waals surface area (Å²) in [6.07, 6.45) is 0.565. The summed E-state index contributed by atoms with van der Waals surface area (Å²) in [5.41, 5.74) is 2.30. The number of thioether (sulfide) groups is 1. The Morgan fingerprint density at radius 3 is 2.94 bits per heavy atom. The topological polar surface area (TPSA) is 90.5 Å². The summed E-state index contributed by atoms with van der Waals surface area (Å²) in [7, 11) is 2.11. The van der Waals surface area contributed by atoms with E-state index in [0.29, 0.717) is 29.2 Å². The molecule has 0 radical (unpaired) electrons. The van der Waals surface area contributed by atoms with Crippen molar-refractivity contribution in [1.29, 1.82) is 0 Å². The van der Waals surface area contributed by atoms with Crippen molar-refractivity contribution >= 4 is 28.9 Å². The molecular weight excluding hydrogens is 431 g/mol. The SMILES string of the molecule is CN1CCC(OC(c2cccc(SCCNC(=O)O)c2)c2nc3ccc(F)cc3[nH]2)CC1. The average Bonchev–Trinajstić information content (AvgIpc) is 3.19. The second kappa shape index (κ2) is 10.3. The van der Waals surface area contributed by atoms with Crippen molar-refractivity contribution < 1.29 is 19.0 Å². The molecule has 1 saturated heterocycles. The van der Waals surface area contributed by atoms with Crippen LogP contribution in [0.1, 0.15) is 30.3 Å². The second-order valence-electron chi connectivity index (χ2n) is 7.96. The van der Waals surface area contributed by atoms with Gasteiger partial charge in [-0.1, -0.05) is 12.1 Å². The number of H-pyrrole nitrogens is 1. The molecule has 1 aliphatic rings. The smallest absolute Gasteiger partial charge is 0.404 e. The van der Waals surface area contributed by atoms with E-state index < -0.39 is 12.2 Å². The van der Waals surface area contributed by atoms with Crippen molar-refractivity contribution in [3.8, 4) is 0 Å². The zero-order chi connectivity index (χ0) is 22.5. The third-order valence-corrected chi connectivity index (χ3v) is 6.51. The molecule has 4 rings (SSSR count). The fraction of sp³-hybridized carbons (Fsp3) is 0.391. The molecule has 2 heterocycles. The third kappa shape index (κ3) is 5.79. The van der Waals surface area contributed by atoms with Crippen molar-refractivity contribution in [3.63, 3.8) is 0 Å². The lowest BCUT2D eigenvalue weighted by atomic mass is 10.1. The van der Waals surface area contributed by atoms with E-state index in [1.807, 2.05) is 18.2 Å². The van der Waals surface area contributed by atoms with Gasteiger partial charge in [-0.05, 0) is 55.8 Å². The number of benzene rings is 2. The number of fused-ring (bicyclic) bond motifs is 1. The third-order valence-electron chi connectivity index (χ3n) is 5.51. The minimum Gasteiger partial charge on any atom is -0.465 e. The number of hydrogen-bond acceptors (Lipinski definition) is 5. The van der Waals surface area contributed by atoms with Crippen molar-refractivity contribution in [2.75, 3.05) is 32.4 Å². The molecule has 32 heavy (non-hydrogen) atoms. The lowest BCUT2D eigenvalue weighted by molar-refractivity contribution is -0.0264. The van der Waals surface area contributed by atoms with Crippen molar-refractivity contribution in [1.82, 2.24) is 20.2 Å². The van der Waals surface area contributed by atoms with Crippen LogP contribution in [-0.2, 0) is 4.74 Å². The molecule has 7 nitrogen and oxygen atoms in total. The van der Waals surface area contributed by atoms with Gasteiger partial charge in [-0.3, -0.25) is 0 Å². The van der Waals surface area contributed by atoms with Crippen LogP contribution in [0.15, 0.2) is 47.4 Å². The zero-order valence-electron chi connectivity index (χ0n) is 17.9. The molecule has 1 aliphatic heterocycles. The minimum atomic E-state index is -1.02. The Balaban J connectivity index is 1.58. The van der Waals surface area contributed by atoms with Gasteiger partial charge >= 0.3 is 6.09 Å². The first-order valence-corrected chi connectivity index (χ1v) is 11.7. The Morgan fingerprint density at radius 2 is 2.16 bits per heavy atom. The van der Waals surface area contributed by atoms with Gasteiger partial charge in [0.2, 0.25) is 0 Å². The molecule has 0 spiro atoms. The summed E-state index contributed by atoms with van der Waals surface area (Å²) in [6.45, 7) is 2.33. The number of amides is 1. The monoisotopic (exact) mass is 458 g/mol. The second-order valence-corrected chi connectivity index (χ2v) is 9.12. The summed E-state index contributed by atoms with van der Waals surface area (Å²) in [4.78, 5) is 21.9. The van der Waals surface area contributed by atoms with Crippen LogP contribution in [0.3, 0.4) is 0 Å². The maximum absolute atomic E-state index is 13.7. The number of aromatic amines is 1. The highest BCUT2D eigenvalue weighted by Gasteiger charge is 2.26. The van der Waals surface area contributed by atoms with Crippen molar-refractivity contribution in [3.05, 3.63) is 59.7 Å². The Morgan fingerprint density at radius 1 is 1.34 bits per heavy atom. The predicted octanol–water partition coefficient (Wildman–Crippen LogP) is 4.26. The fourth-order valence-corrected chi connectivity index (χ4v) is 4.67. The zero-order valence-corrected chi connectivity index (χ0v) is 18.7. The van der Waals surface area contributed by atoms with E-state index in [1.165, 1.54) is 12.1 Å². The first kappa shape index (κ1) is 22.6. The summed E-state index contributed by atoms with van der Waals surface area (Å²) in [5, 5.41) is 11.1. The minimum absolute atomic E-state index is 0.109. The molecule has 170 valence electrons. The number of carbonyl (C=O) groups is 1. The highest BCUT2D eigenvalue weighted by molar-refractivity contribution is 7.99. The standard InChI is InChI=1S/C23H27FN4O3S/c1-28-10-7-17(8-11-28)31-21(22-26-19-6-5-16(24)14-20(19)27-22)15-3-2-4-18(13-15)32-12-9-25-23(29)30/h2-6,13-14,17,21,25H,7-12H2,1H3,(H,26,27)(H,29,30). The predicted molar refractivity (Wildman–Crippen MR) is 123 cm³/mol. The van der Waals surface area contributed by atoms with E-state index in [0.717, 1.165) is 36.4 Å². The molecule has 1 amide bonds. The number of aromatic nitrogens is 2. The number of carboxylic acid groups (broad SMARTS) is 1. The largest absolute Gasteiger partial charge is 0.465 e. The van der Waals surface area contributed by atoms with E-state index in [2.05, 4.69) is 28.3 Å². The van der Waals surface area contributed by atoms with Gasteiger partial charge in [0.25, 0.3) is 0 Å². The van der Waals surface area contributed by atoms with Crippen LogP contribution in [0.25, 0.3) is 11.0 Å². The Kier molecular flexibility index (Phi) is 7.29. The normalized spacial score (nSPS) is 16.3. The van der Waals surface area contributed by atoms with Crippen LogP contribution < -0.4 is 5.32 Å². The van der Waals surface area contributed by atoms with Crippen LogP contribution >= 0.6 is 11.8 Å². The average molecular weight is 459 g/mol. The molecule has 1 atom stereocenters. The first-order chi connectivity index (χ1) is 15.5. The molecule has 0 saturated carbocycles. The van der Waals surface area contributed by atoms with Gasteiger partial charge < -0.3 is 25.0 Å². The van der Waals surface area contributed by atoms with Crippen LogP contribution in [0.4, 0.5) is 9.18 Å². The number of imidazole rings is 1. The van der Waals surface area contributed by atoms with E-state index in [9.17, 15) is 9.18 Å². The molecule has 2 aromatic carbocycles. The van der Waals surface area contributed by atoms with E-state index >= 15 is 0 Å². The molecule has 1 unspecified atom stereocenters. The number of ether oxygens (including phenoxy) is 1. The highest BCUT2D eigenvalue weighted by atomic mass is 32.2. The van der Waals surface area contributed by atoms with Gasteiger partial charge in [-0.25, -0.2) is 14.2 Å². The summed E-state index contributed by atoms with van der Waals surface area (Å²) < 4.78 is 20.3. The number of likely N-dealkylation sites (tertiary alicyclic amines) is 1. The molecule has 9 heteroatoms. The molecular formula is C23H27FN4O3S. The van der Waals surface area contributed by atoms with Crippen LogP contribution in [0.2, 0.25) is 0 Å². The van der Waals surface area contributed by atoms with Crippen molar-refractivity contribution in [2.24, 2.45) is 0 Å². The van der Waals surface area contributed by atoms with Gasteiger partial charge in [0.15, 0.2) is 0 Å². The fourth-order valence-electron chi connectivity index (χ4n) is 3.83. The molecule has 1 aromatic heterocycles. The lowest BCUT2D eigenvalue weighted by Gasteiger charge is -2.31. The van der Waals surface area contributed by atoms with Gasteiger partial charge in [0.05, 0.1) is 17.1 Å². The number of halogens is 1. The van der Waals surface area contributed by atoms with Gasteiger partial charge in [-0.15, -0.1) is 11.8 Å². The van der Waals surface area contributed by atoms with E-state index in [4.69, 9.17) is 14.8 Å². The van der Waals surface area contributed by atoms with Crippen LogP contribution in [-0.4, -0.2) is 64.6 Å². The van der Waals surface area contributed by atoms with Gasteiger partial charge in [0, 0.05) is 30.3 Å². The quantitative estimate of drug-likeness (QED) is 0.345. The Labute approximate surface area is 190 Å². The lowest BCUT2D eigenvalue weighted by Crippen LogP contribution is -2.35. The first-order valence-electron chi connectivity index (χ1n) is 10.7. The molecule has 0 aliphatic carbocycles. The molecule has 0 bridgehead atoms. The number of nitrogens with one attached hydrogen (secondary N) is 2. The highest BCUT2D eigenvalue weighted by Crippen LogP contribution is 2.32. The molecule has 1 fully saturated rings. The maximum Gasteiger partial charge on any atom is 0.404 e. The van der Waals surface area contributed by atoms with Crippen molar-refractivity contribution in [2.45, 2.75) is 29.9 Å². The van der Waals surface area contributed by atoms with Gasteiger partial charge in [-0.2, -0.15) is 0 Å². The van der Waals surface area contributed by atoms with E-state index in [1.54, 1.807) is 17.8 Å². The number of hydrogen-bond donors (Lipinski definition) is 3. The number of nitrogens with zero attached hydrogens (tertiary/aromatic N) is 2. The Hall–Kier alpha value is -2.62. The maximum atomic E-state index is 13.7. The molecule has 3 N–H and O–H groups in total. The van der Waals surface area contributed by atoms with E-state index in [-0.39, 0.29) is 11.9 Å². The summed E-state index contributed by atoms with van der Waals surface area (Å²) >= 11 is 1.57. The van der Waals surface area contributed by atoms with Crippen LogP contribution in [0, 0.1) is 5.82 Å². The number of piperidine rings is 1. The summed E-state index contributed by atoms with van der Waals surface area (Å²) in [6, 6.07) is 12.5. The number of rotatable bonds is 8. The van der Waals surface area contributed by atoms with Crippen LogP contribution in [0.5, 0.6) is 0 Å². The molecule has 3 aromatic rings. The summed E-state index contributed by atoms with van der Waals surface area (Å²) in [5.74, 6) is 0.966.